The van der Waals surface area contributed by atoms with Gasteiger partial charge in [0.2, 0.25) is 10.0 Å². The smallest absolute Gasteiger partial charge is 0.241 e. The molecule has 0 bridgehead atoms. The predicted molar refractivity (Wildman–Crippen MR) is 86.1 cm³/mol. The van der Waals surface area contributed by atoms with Gasteiger partial charge in [0.1, 0.15) is 0 Å². The van der Waals surface area contributed by atoms with Crippen molar-refractivity contribution in [2.24, 2.45) is 5.73 Å². The van der Waals surface area contributed by atoms with Crippen LogP contribution in [0.4, 0.5) is 0 Å². The largest absolute Gasteiger partial charge is 0.329 e. The van der Waals surface area contributed by atoms with Gasteiger partial charge in [-0.15, -0.1) is 0 Å². The summed E-state index contributed by atoms with van der Waals surface area (Å²) >= 11 is 0. The van der Waals surface area contributed by atoms with E-state index in [1.54, 1.807) is 24.5 Å². The Morgan fingerprint density at radius 1 is 1.41 bits per heavy atom. The van der Waals surface area contributed by atoms with Crippen LogP contribution in [0.1, 0.15) is 12.0 Å². The number of benzene rings is 1. The van der Waals surface area contributed by atoms with E-state index < -0.39 is 10.0 Å². The van der Waals surface area contributed by atoms with Crippen molar-refractivity contribution in [3.63, 3.8) is 0 Å². The molecule has 1 aliphatic rings. The molecule has 3 rings (SSSR count). The van der Waals surface area contributed by atoms with Gasteiger partial charge in [-0.2, -0.15) is 0 Å². The molecule has 2 atom stereocenters. The van der Waals surface area contributed by atoms with E-state index in [0.29, 0.717) is 24.4 Å². The zero-order valence-electron chi connectivity index (χ0n) is 12.4. The van der Waals surface area contributed by atoms with Crippen LogP contribution in [0.2, 0.25) is 0 Å². The van der Waals surface area contributed by atoms with Crippen LogP contribution in [-0.2, 0) is 10.0 Å². The van der Waals surface area contributed by atoms with Crippen LogP contribution < -0.4 is 15.8 Å². The normalized spacial score (nSPS) is 22.3. The maximum absolute atomic E-state index is 12.8. The second-order valence-electron chi connectivity index (χ2n) is 5.71. The van der Waals surface area contributed by atoms with Crippen LogP contribution in [0, 0.1) is 6.92 Å². The Hall–Kier alpha value is -1.54. The topological polar surface area (TPSA) is 97.1 Å². The fraction of sp³-hybridized carbons (Fsp3) is 0.400. The quantitative estimate of drug-likeness (QED) is 0.763. The molecule has 2 aromatic rings. The molecular formula is C15H20N4O2S. The van der Waals surface area contributed by atoms with Gasteiger partial charge in [0.05, 0.1) is 4.90 Å². The molecule has 0 aliphatic carbocycles. The number of aryl methyl sites for hydroxylation is 1. The van der Waals surface area contributed by atoms with Gasteiger partial charge in [0, 0.05) is 48.3 Å². The molecule has 0 spiro atoms. The summed E-state index contributed by atoms with van der Waals surface area (Å²) in [4.78, 5) is 4.43. The third-order valence-electron chi connectivity index (χ3n) is 4.05. The summed E-state index contributed by atoms with van der Waals surface area (Å²) < 4.78 is 28.3. The SMILES string of the molecule is Cc1cncc2cccc(S(=O)(=O)N[C@H]3CN[C@H](CN)C3)c12. The van der Waals surface area contributed by atoms with Gasteiger partial charge in [-0.25, -0.2) is 13.1 Å². The van der Waals surface area contributed by atoms with Crippen LogP contribution in [0.5, 0.6) is 0 Å². The molecule has 1 aliphatic heterocycles. The van der Waals surface area contributed by atoms with Crippen molar-refractivity contribution in [1.29, 1.82) is 0 Å². The third kappa shape index (κ3) is 2.85. The molecule has 0 saturated carbocycles. The summed E-state index contributed by atoms with van der Waals surface area (Å²) in [6.07, 6.45) is 4.08. The van der Waals surface area contributed by atoms with E-state index in [9.17, 15) is 8.42 Å². The third-order valence-corrected chi connectivity index (χ3v) is 5.62. The Bertz CT molecular complexity index is 786. The predicted octanol–water partition coefficient (Wildman–Crippen LogP) is 0.511. The highest BCUT2D eigenvalue weighted by molar-refractivity contribution is 7.89. The van der Waals surface area contributed by atoms with Gasteiger partial charge >= 0.3 is 0 Å². The zero-order chi connectivity index (χ0) is 15.7. The lowest BCUT2D eigenvalue weighted by Crippen LogP contribution is -2.36. The van der Waals surface area contributed by atoms with E-state index in [0.717, 1.165) is 16.3 Å². The van der Waals surface area contributed by atoms with Gasteiger partial charge in [-0.1, -0.05) is 12.1 Å². The summed E-state index contributed by atoms with van der Waals surface area (Å²) in [6, 6.07) is 5.30. The van der Waals surface area contributed by atoms with Crippen molar-refractivity contribution in [1.82, 2.24) is 15.0 Å². The highest BCUT2D eigenvalue weighted by Crippen LogP contribution is 2.25. The zero-order valence-corrected chi connectivity index (χ0v) is 13.2. The van der Waals surface area contributed by atoms with Crippen molar-refractivity contribution < 1.29 is 8.42 Å². The number of nitrogens with one attached hydrogen (secondary N) is 2. The number of fused-ring (bicyclic) bond motifs is 1. The van der Waals surface area contributed by atoms with Gasteiger partial charge in [0.15, 0.2) is 0 Å². The highest BCUT2D eigenvalue weighted by atomic mass is 32.2. The van der Waals surface area contributed by atoms with E-state index in [1.807, 2.05) is 13.0 Å². The number of rotatable bonds is 4. The lowest BCUT2D eigenvalue weighted by atomic mass is 10.1. The summed E-state index contributed by atoms with van der Waals surface area (Å²) in [6.45, 7) is 2.99. The van der Waals surface area contributed by atoms with E-state index in [-0.39, 0.29) is 12.1 Å². The molecule has 6 nitrogen and oxygen atoms in total. The molecule has 0 unspecified atom stereocenters. The standard InChI is InChI=1S/C15H20N4O2S/c1-10-7-17-8-11-3-2-4-14(15(10)11)22(20,21)19-13-5-12(6-16)18-9-13/h2-4,7-8,12-13,18-19H,5-6,9,16H2,1H3/t12-,13+/m0/s1. The van der Waals surface area contributed by atoms with Crippen LogP contribution in [0.15, 0.2) is 35.5 Å². The summed E-state index contributed by atoms with van der Waals surface area (Å²) in [5.74, 6) is 0. The first-order valence-corrected chi connectivity index (χ1v) is 8.78. The molecule has 1 fully saturated rings. The van der Waals surface area contributed by atoms with E-state index >= 15 is 0 Å². The van der Waals surface area contributed by atoms with Crippen LogP contribution in [-0.4, -0.2) is 38.6 Å². The van der Waals surface area contributed by atoms with E-state index in [2.05, 4.69) is 15.0 Å². The molecule has 0 amide bonds. The number of nitrogens with zero attached hydrogens (tertiary/aromatic N) is 1. The van der Waals surface area contributed by atoms with Crippen molar-refractivity contribution >= 4 is 20.8 Å². The number of aromatic nitrogens is 1. The minimum atomic E-state index is -3.58. The average molecular weight is 320 g/mol. The fourth-order valence-corrected chi connectivity index (χ4v) is 4.52. The molecule has 1 aromatic heterocycles. The molecule has 0 radical (unpaired) electrons. The second-order valence-corrected chi connectivity index (χ2v) is 7.39. The second kappa shape index (κ2) is 5.92. The summed E-state index contributed by atoms with van der Waals surface area (Å²) in [7, 11) is -3.58. The van der Waals surface area contributed by atoms with Crippen molar-refractivity contribution in [3.8, 4) is 0 Å². The Morgan fingerprint density at radius 2 is 2.23 bits per heavy atom. The van der Waals surface area contributed by atoms with E-state index in [1.165, 1.54) is 0 Å². The Kier molecular flexibility index (Phi) is 4.14. The highest BCUT2D eigenvalue weighted by Gasteiger charge is 2.28. The Balaban J connectivity index is 1.96. The Morgan fingerprint density at radius 3 is 2.95 bits per heavy atom. The summed E-state index contributed by atoms with van der Waals surface area (Å²) in [5.41, 5.74) is 6.47. The van der Waals surface area contributed by atoms with Crippen LogP contribution in [0.3, 0.4) is 0 Å². The van der Waals surface area contributed by atoms with E-state index in [4.69, 9.17) is 5.73 Å². The number of pyridine rings is 1. The fourth-order valence-electron chi connectivity index (χ4n) is 2.97. The molecule has 4 N–H and O–H groups in total. The first-order valence-electron chi connectivity index (χ1n) is 7.30. The van der Waals surface area contributed by atoms with Crippen LogP contribution in [0.25, 0.3) is 10.8 Å². The molecule has 118 valence electrons. The molecule has 2 heterocycles. The first-order chi connectivity index (χ1) is 10.5. The molecular weight excluding hydrogens is 300 g/mol. The molecule has 22 heavy (non-hydrogen) atoms. The minimum Gasteiger partial charge on any atom is -0.329 e. The first kappa shape index (κ1) is 15.4. The van der Waals surface area contributed by atoms with Crippen molar-refractivity contribution in [2.45, 2.75) is 30.3 Å². The van der Waals surface area contributed by atoms with Crippen molar-refractivity contribution in [2.75, 3.05) is 13.1 Å². The number of sulfonamides is 1. The lowest BCUT2D eigenvalue weighted by Gasteiger charge is -2.15. The molecule has 1 saturated heterocycles. The van der Waals surface area contributed by atoms with Gasteiger partial charge in [0.25, 0.3) is 0 Å². The average Bonchev–Trinajstić information content (AvgIpc) is 2.94. The summed E-state index contributed by atoms with van der Waals surface area (Å²) in [5, 5.41) is 4.77. The van der Waals surface area contributed by atoms with Gasteiger partial charge in [-0.3, -0.25) is 4.98 Å². The Labute approximate surface area is 130 Å². The van der Waals surface area contributed by atoms with Crippen LogP contribution >= 0.6 is 0 Å². The van der Waals surface area contributed by atoms with Crippen molar-refractivity contribution in [3.05, 3.63) is 36.2 Å². The maximum atomic E-state index is 12.8. The molecule has 7 heteroatoms. The minimum absolute atomic E-state index is 0.129. The number of hydrogen-bond acceptors (Lipinski definition) is 5. The number of hydrogen-bond donors (Lipinski definition) is 3. The van der Waals surface area contributed by atoms with Gasteiger partial charge in [-0.05, 0) is 25.0 Å². The monoisotopic (exact) mass is 320 g/mol. The lowest BCUT2D eigenvalue weighted by molar-refractivity contribution is 0.555. The van der Waals surface area contributed by atoms with Gasteiger partial charge < -0.3 is 11.1 Å². The molecule has 1 aromatic carbocycles. The number of nitrogens with two attached hydrogens (primary N) is 1. The maximum Gasteiger partial charge on any atom is 0.241 e.